The summed E-state index contributed by atoms with van der Waals surface area (Å²) >= 11 is 0. The lowest BCUT2D eigenvalue weighted by Crippen LogP contribution is -1.86. The molecule has 3 nitrogen and oxygen atoms in total. The predicted molar refractivity (Wildman–Crippen MR) is 42.1 cm³/mol. The van der Waals surface area contributed by atoms with Crippen molar-refractivity contribution in [3.05, 3.63) is 30.4 Å². The van der Waals surface area contributed by atoms with Crippen LogP contribution in [0.5, 0.6) is 0 Å². The highest BCUT2D eigenvalue weighted by atomic mass is 14.8. The first kappa shape index (κ1) is 6.22. The molecule has 0 radical (unpaired) electrons. The van der Waals surface area contributed by atoms with Crippen LogP contribution < -0.4 is 0 Å². The molecule has 0 saturated heterocycles. The lowest BCUT2D eigenvalue weighted by atomic mass is 10.4. The first-order chi connectivity index (χ1) is 5.36. The summed E-state index contributed by atoms with van der Waals surface area (Å²) in [5.41, 5.74) is 2.68. The van der Waals surface area contributed by atoms with Gasteiger partial charge in [-0.05, 0) is 13.0 Å². The zero-order chi connectivity index (χ0) is 7.68. The topological polar surface area (TPSA) is 38.7 Å². The summed E-state index contributed by atoms with van der Waals surface area (Å²) in [6.07, 6.45) is 5.17. The van der Waals surface area contributed by atoms with Gasteiger partial charge < -0.3 is 0 Å². The molecule has 2 heterocycles. The van der Waals surface area contributed by atoms with E-state index in [-0.39, 0.29) is 0 Å². The monoisotopic (exact) mass is 145 g/mol. The minimum Gasteiger partial charge on any atom is -0.262 e. The van der Waals surface area contributed by atoms with Gasteiger partial charge in [0.25, 0.3) is 0 Å². The minimum absolute atomic E-state index is 0.845. The highest BCUT2D eigenvalue weighted by Crippen LogP contribution is 2.05. The van der Waals surface area contributed by atoms with Gasteiger partial charge in [-0.2, -0.15) is 0 Å². The van der Waals surface area contributed by atoms with Crippen LogP contribution in [0.3, 0.4) is 0 Å². The standard InChI is InChI=1S/C8H7N3/c1-6-4-10-8-5-9-3-2-7(8)11-6/h2-5H,1H3. The highest BCUT2D eigenvalue weighted by Gasteiger charge is 1.93. The Morgan fingerprint density at radius 1 is 1.18 bits per heavy atom. The maximum absolute atomic E-state index is 4.27. The Labute approximate surface area is 64.1 Å². The van der Waals surface area contributed by atoms with Crippen LogP contribution in [0.1, 0.15) is 5.69 Å². The third-order valence-corrected chi connectivity index (χ3v) is 1.46. The molecule has 0 atom stereocenters. The molecule has 54 valence electrons. The fraction of sp³-hybridized carbons (Fsp3) is 0.125. The Morgan fingerprint density at radius 3 is 3.00 bits per heavy atom. The van der Waals surface area contributed by atoms with Crippen LogP contribution in [0.15, 0.2) is 24.7 Å². The molecule has 0 spiro atoms. The van der Waals surface area contributed by atoms with E-state index in [1.54, 1.807) is 18.6 Å². The van der Waals surface area contributed by atoms with Crippen LogP contribution in [0.4, 0.5) is 0 Å². The fourth-order valence-corrected chi connectivity index (χ4v) is 0.955. The Balaban J connectivity index is 2.83. The summed E-state index contributed by atoms with van der Waals surface area (Å²) in [4.78, 5) is 12.4. The minimum atomic E-state index is 0.845. The third-order valence-electron chi connectivity index (χ3n) is 1.46. The van der Waals surface area contributed by atoms with E-state index in [0.717, 1.165) is 16.7 Å². The molecule has 0 aliphatic carbocycles. The fourth-order valence-electron chi connectivity index (χ4n) is 0.955. The molecule has 0 fully saturated rings. The maximum atomic E-state index is 4.27. The summed E-state index contributed by atoms with van der Waals surface area (Å²) in [7, 11) is 0. The van der Waals surface area contributed by atoms with Crippen LogP contribution in [-0.2, 0) is 0 Å². The van der Waals surface area contributed by atoms with Gasteiger partial charge in [-0.25, -0.2) is 4.98 Å². The molecule has 0 aliphatic heterocycles. The molecule has 0 bridgehead atoms. The molecule has 2 aromatic heterocycles. The van der Waals surface area contributed by atoms with Crippen molar-refractivity contribution in [1.29, 1.82) is 0 Å². The van der Waals surface area contributed by atoms with E-state index in [9.17, 15) is 0 Å². The van der Waals surface area contributed by atoms with E-state index in [2.05, 4.69) is 15.0 Å². The highest BCUT2D eigenvalue weighted by molar-refractivity contribution is 5.72. The molecule has 0 aromatic carbocycles. The van der Waals surface area contributed by atoms with Gasteiger partial charge >= 0.3 is 0 Å². The SMILES string of the molecule is Cc1cnc2cnccc2n1. The van der Waals surface area contributed by atoms with E-state index in [0.29, 0.717) is 0 Å². The summed E-state index contributed by atoms with van der Waals surface area (Å²) in [5, 5.41) is 0. The molecule has 0 amide bonds. The van der Waals surface area contributed by atoms with E-state index >= 15 is 0 Å². The number of aromatic nitrogens is 3. The van der Waals surface area contributed by atoms with Gasteiger partial charge in [0.2, 0.25) is 0 Å². The van der Waals surface area contributed by atoms with Crippen molar-refractivity contribution in [2.75, 3.05) is 0 Å². The van der Waals surface area contributed by atoms with Gasteiger partial charge in [0, 0.05) is 12.4 Å². The van der Waals surface area contributed by atoms with Crippen molar-refractivity contribution in [2.45, 2.75) is 6.92 Å². The van der Waals surface area contributed by atoms with Crippen molar-refractivity contribution < 1.29 is 0 Å². The van der Waals surface area contributed by atoms with Gasteiger partial charge in [0.1, 0.15) is 5.52 Å². The molecule has 0 saturated carbocycles. The molecular formula is C8H7N3. The molecule has 3 heteroatoms. The first-order valence-electron chi connectivity index (χ1n) is 3.39. The van der Waals surface area contributed by atoms with Gasteiger partial charge in [-0.15, -0.1) is 0 Å². The van der Waals surface area contributed by atoms with Crippen LogP contribution in [0.25, 0.3) is 11.0 Å². The van der Waals surface area contributed by atoms with Crippen molar-refractivity contribution in [2.24, 2.45) is 0 Å². The summed E-state index contributed by atoms with van der Waals surface area (Å²) < 4.78 is 0. The van der Waals surface area contributed by atoms with E-state index in [1.807, 2.05) is 13.0 Å². The molecule has 0 unspecified atom stereocenters. The van der Waals surface area contributed by atoms with Crippen molar-refractivity contribution in [3.8, 4) is 0 Å². The average Bonchev–Trinajstić information content (AvgIpc) is 2.04. The molecule has 0 N–H and O–H groups in total. The molecule has 2 aromatic rings. The van der Waals surface area contributed by atoms with Crippen molar-refractivity contribution >= 4 is 11.0 Å². The van der Waals surface area contributed by atoms with Gasteiger partial charge in [0.15, 0.2) is 0 Å². The lowest BCUT2D eigenvalue weighted by Gasteiger charge is -1.94. The quantitative estimate of drug-likeness (QED) is 0.561. The van der Waals surface area contributed by atoms with Gasteiger partial charge in [-0.3, -0.25) is 9.97 Å². The summed E-state index contributed by atoms with van der Waals surface area (Å²) in [6, 6.07) is 1.86. The first-order valence-corrected chi connectivity index (χ1v) is 3.39. The number of hydrogen-bond acceptors (Lipinski definition) is 3. The van der Waals surface area contributed by atoms with E-state index in [1.165, 1.54) is 0 Å². The van der Waals surface area contributed by atoms with Crippen LogP contribution in [0, 0.1) is 6.92 Å². The van der Waals surface area contributed by atoms with Crippen molar-refractivity contribution in [1.82, 2.24) is 15.0 Å². The second-order valence-corrected chi connectivity index (χ2v) is 2.38. The third kappa shape index (κ3) is 1.05. The number of fused-ring (bicyclic) bond motifs is 1. The lowest BCUT2D eigenvalue weighted by molar-refractivity contribution is 1.17. The Kier molecular flexibility index (Phi) is 1.28. The van der Waals surface area contributed by atoms with E-state index < -0.39 is 0 Å². The van der Waals surface area contributed by atoms with Crippen LogP contribution >= 0.6 is 0 Å². The Bertz CT molecular complexity index is 384. The zero-order valence-electron chi connectivity index (χ0n) is 6.15. The number of pyridine rings is 1. The predicted octanol–water partition coefficient (Wildman–Crippen LogP) is 1.33. The second kappa shape index (κ2) is 2.27. The van der Waals surface area contributed by atoms with Gasteiger partial charge in [-0.1, -0.05) is 0 Å². The number of nitrogens with zero attached hydrogens (tertiary/aromatic N) is 3. The Hall–Kier alpha value is -1.51. The summed E-state index contributed by atoms with van der Waals surface area (Å²) in [5.74, 6) is 0. The number of rotatable bonds is 0. The Morgan fingerprint density at radius 2 is 2.09 bits per heavy atom. The second-order valence-electron chi connectivity index (χ2n) is 2.38. The van der Waals surface area contributed by atoms with Crippen molar-refractivity contribution in [3.63, 3.8) is 0 Å². The number of hydrogen-bond donors (Lipinski definition) is 0. The largest absolute Gasteiger partial charge is 0.262 e. The normalized spacial score (nSPS) is 10.3. The molecule has 0 aliphatic rings. The maximum Gasteiger partial charge on any atom is 0.107 e. The van der Waals surface area contributed by atoms with Crippen LogP contribution in [0.2, 0.25) is 0 Å². The average molecular weight is 145 g/mol. The molecule has 2 rings (SSSR count). The molecule has 11 heavy (non-hydrogen) atoms. The summed E-state index contributed by atoms with van der Waals surface area (Å²) in [6.45, 7) is 1.92. The zero-order valence-corrected chi connectivity index (χ0v) is 6.15. The molecular weight excluding hydrogens is 138 g/mol. The van der Waals surface area contributed by atoms with Crippen LogP contribution in [-0.4, -0.2) is 15.0 Å². The van der Waals surface area contributed by atoms with Gasteiger partial charge in [0.05, 0.1) is 17.4 Å². The smallest absolute Gasteiger partial charge is 0.107 e. The van der Waals surface area contributed by atoms with E-state index in [4.69, 9.17) is 0 Å². The number of aryl methyl sites for hydroxylation is 1.